The fourth-order valence-corrected chi connectivity index (χ4v) is 2.21. The summed E-state index contributed by atoms with van der Waals surface area (Å²) in [5, 5.41) is 12.2. The van der Waals surface area contributed by atoms with E-state index in [1.54, 1.807) is 6.07 Å². The van der Waals surface area contributed by atoms with Crippen LogP contribution in [0.4, 0.5) is 11.5 Å². The van der Waals surface area contributed by atoms with Crippen molar-refractivity contribution >= 4 is 34.7 Å². The van der Waals surface area contributed by atoms with E-state index in [0.717, 1.165) is 5.69 Å². The highest BCUT2D eigenvalue weighted by molar-refractivity contribution is 6.37. The predicted octanol–water partition coefficient (Wildman–Crippen LogP) is 4.11. The molecule has 1 N–H and O–H groups in total. The Labute approximate surface area is 113 Å². The van der Waals surface area contributed by atoms with Crippen LogP contribution in [-0.4, -0.2) is 4.98 Å². The molecule has 0 radical (unpaired) electrons. The summed E-state index contributed by atoms with van der Waals surface area (Å²) in [6, 6.07) is 9.25. The highest BCUT2D eigenvalue weighted by atomic mass is 35.5. The first-order valence-electron chi connectivity index (χ1n) is 5.03. The molecule has 0 bridgehead atoms. The number of rotatable bonds is 0. The van der Waals surface area contributed by atoms with Crippen molar-refractivity contribution in [2.75, 3.05) is 5.32 Å². The molecule has 88 valence electrons. The van der Waals surface area contributed by atoms with E-state index in [1.807, 2.05) is 24.3 Å². The minimum Gasteiger partial charge on any atom is -0.450 e. The maximum absolute atomic E-state index is 8.96. The molecule has 0 amide bonds. The smallest absolute Gasteiger partial charge is 0.190 e. The first kappa shape index (κ1) is 11.1. The normalized spacial score (nSPS) is 11.6. The fourth-order valence-electron chi connectivity index (χ4n) is 1.68. The Morgan fingerprint density at radius 1 is 1.28 bits per heavy atom. The molecule has 0 saturated heterocycles. The van der Waals surface area contributed by atoms with Gasteiger partial charge in [0.15, 0.2) is 22.5 Å². The number of fused-ring (bicyclic) bond motifs is 2. The summed E-state index contributed by atoms with van der Waals surface area (Å²) >= 11 is 12.0. The number of ether oxygens (including phenoxy) is 1. The zero-order chi connectivity index (χ0) is 12.7. The number of hydrogen-bond donors (Lipinski definition) is 1. The van der Waals surface area contributed by atoms with Gasteiger partial charge in [0.05, 0.1) is 5.69 Å². The molecule has 4 nitrogen and oxygen atoms in total. The van der Waals surface area contributed by atoms with Gasteiger partial charge in [0.1, 0.15) is 16.7 Å². The van der Waals surface area contributed by atoms with Crippen molar-refractivity contribution in [1.29, 1.82) is 5.26 Å². The number of nitrogens with one attached hydrogen (secondary N) is 1. The topological polar surface area (TPSA) is 57.9 Å². The molecule has 6 heteroatoms. The molecule has 3 rings (SSSR count). The molecule has 2 heterocycles. The zero-order valence-electron chi connectivity index (χ0n) is 8.87. The summed E-state index contributed by atoms with van der Waals surface area (Å²) in [5.74, 6) is 1.35. The van der Waals surface area contributed by atoms with Gasteiger partial charge in [-0.05, 0) is 12.1 Å². The van der Waals surface area contributed by atoms with Crippen LogP contribution in [0.5, 0.6) is 11.5 Å². The Kier molecular flexibility index (Phi) is 2.51. The molecular formula is C12H5Cl2N3O. The van der Waals surface area contributed by atoms with Gasteiger partial charge in [-0.2, -0.15) is 5.26 Å². The molecule has 0 unspecified atom stereocenters. The van der Waals surface area contributed by atoms with Gasteiger partial charge >= 0.3 is 0 Å². The largest absolute Gasteiger partial charge is 0.450 e. The van der Waals surface area contributed by atoms with Crippen LogP contribution in [0.25, 0.3) is 0 Å². The van der Waals surface area contributed by atoms with Gasteiger partial charge < -0.3 is 10.1 Å². The lowest BCUT2D eigenvalue weighted by atomic mass is 10.2. The van der Waals surface area contributed by atoms with E-state index in [1.165, 1.54) is 0 Å². The second kappa shape index (κ2) is 4.05. The third-order valence-corrected chi connectivity index (χ3v) is 3.15. The summed E-state index contributed by atoms with van der Waals surface area (Å²) in [5.41, 5.74) is 0.882. The molecule has 18 heavy (non-hydrogen) atoms. The average molecular weight is 278 g/mol. The van der Waals surface area contributed by atoms with Crippen LogP contribution in [0.2, 0.25) is 10.2 Å². The van der Waals surface area contributed by atoms with Crippen molar-refractivity contribution in [3.63, 3.8) is 0 Å². The Bertz CT molecular complexity index is 694. The monoisotopic (exact) mass is 277 g/mol. The first-order valence-corrected chi connectivity index (χ1v) is 5.79. The Morgan fingerprint density at radius 3 is 2.83 bits per heavy atom. The number of anilines is 2. The second-order valence-electron chi connectivity index (χ2n) is 3.60. The van der Waals surface area contributed by atoms with Gasteiger partial charge in [-0.15, -0.1) is 0 Å². The van der Waals surface area contributed by atoms with E-state index in [9.17, 15) is 0 Å². The lowest BCUT2D eigenvalue weighted by molar-refractivity contribution is 0.479. The van der Waals surface area contributed by atoms with Crippen molar-refractivity contribution in [3.05, 3.63) is 40.0 Å². The van der Waals surface area contributed by atoms with Gasteiger partial charge in [-0.25, -0.2) is 4.98 Å². The van der Waals surface area contributed by atoms with E-state index in [-0.39, 0.29) is 15.7 Å². The molecule has 0 atom stereocenters. The highest BCUT2D eigenvalue weighted by Crippen LogP contribution is 2.46. The third-order valence-electron chi connectivity index (χ3n) is 2.51. The number of pyridine rings is 1. The molecule has 0 aliphatic carbocycles. The van der Waals surface area contributed by atoms with Gasteiger partial charge in [0.25, 0.3) is 0 Å². The Balaban J connectivity index is 2.20. The maximum Gasteiger partial charge on any atom is 0.190 e. The van der Waals surface area contributed by atoms with E-state index in [0.29, 0.717) is 17.3 Å². The summed E-state index contributed by atoms with van der Waals surface area (Å²) in [6.45, 7) is 0. The summed E-state index contributed by atoms with van der Waals surface area (Å²) in [7, 11) is 0. The lowest BCUT2D eigenvalue weighted by Gasteiger charge is -2.22. The number of nitriles is 1. The summed E-state index contributed by atoms with van der Waals surface area (Å²) in [6.07, 6.45) is 0. The van der Waals surface area contributed by atoms with Crippen molar-refractivity contribution < 1.29 is 4.74 Å². The maximum atomic E-state index is 8.96. The molecule has 0 spiro atoms. The third kappa shape index (κ3) is 1.57. The van der Waals surface area contributed by atoms with Crippen LogP contribution in [0.15, 0.2) is 24.3 Å². The summed E-state index contributed by atoms with van der Waals surface area (Å²) in [4.78, 5) is 4.07. The molecule has 1 aliphatic heterocycles. The van der Waals surface area contributed by atoms with E-state index >= 15 is 0 Å². The fraction of sp³-hybridized carbons (Fsp3) is 0. The summed E-state index contributed by atoms with van der Waals surface area (Å²) < 4.78 is 5.64. The number of nitrogens with zero attached hydrogens (tertiary/aromatic N) is 2. The lowest BCUT2D eigenvalue weighted by Crippen LogP contribution is -2.06. The number of aromatic nitrogens is 1. The predicted molar refractivity (Wildman–Crippen MR) is 68.8 cm³/mol. The molecule has 1 aliphatic rings. The number of halogens is 2. The molecule has 2 aromatic rings. The molecular weight excluding hydrogens is 273 g/mol. The van der Waals surface area contributed by atoms with Gasteiger partial charge in [-0.1, -0.05) is 35.3 Å². The molecule has 0 saturated carbocycles. The van der Waals surface area contributed by atoms with E-state index in [4.69, 9.17) is 33.2 Å². The SMILES string of the molecule is N#Cc1c(Cl)nc2c(c1Cl)Oc1ccccc1N2. The van der Waals surface area contributed by atoms with Crippen LogP contribution < -0.4 is 10.1 Å². The van der Waals surface area contributed by atoms with E-state index in [2.05, 4.69) is 10.3 Å². The number of hydrogen-bond acceptors (Lipinski definition) is 4. The van der Waals surface area contributed by atoms with Crippen LogP contribution in [-0.2, 0) is 0 Å². The van der Waals surface area contributed by atoms with Crippen molar-refractivity contribution in [2.24, 2.45) is 0 Å². The Hall–Kier alpha value is -1.96. The standard InChI is InChI=1S/C12H5Cl2N3O/c13-9-6(5-15)11(14)17-12-10(9)18-8-4-2-1-3-7(8)16-12/h1-4H,(H,16,17). The van der Waals surface area contributed by atoms with Gasteiger partial charge in [0, 0.05) is 0 Å². The second-order valence-corrected chi connectivity index (χ2v) is 4.34. The van der Waals surface area contributed by atoms with Crippen LogP contribution >= 0.6 is 23.2 Å². The number of para-hydroxylation sites is 2. The van der Waals surface area contributed by atoms with Crippen LogP contribution in [0, 0.1) is 11.3 Å². The van der Waals surface area contributed by atoms with Crippen LogP contribution in [0.3, 0.4) is 0 Å². The van der Waals surface area contributed by atoms with Crippen molar-refractivity contribution in [2.45, 2.75) is 0 Å². The zero-order valence-corrected chi connectivity index (χ0v) is 10.4. The molecule has 1 aromatic heterocycles. The van der Waals surface area contributed by atoms with Crippen LogP contribution in [0.1, 0.15) is 5.56 Å². The Morgan fingerprint density at radius 2 is 2.06 bits per heavy atom. The molecule has 1 aromatic carbocycles. The number of benzene rings is 1. The van der Waals surface area contributed by atoms with Gasteiger partial charge in [-0.3, -0.25) is 0 Å². The van der Waals surface area contributed by atoms with E-state index < -0.39 is 0 Å². The molecule has 0 fully saturated rings. The average Bonchev–Trinajstić information content (AvgIpc) is 2.37. The van der Waals surface area contributed by atoms with Gasteiger partial charge in [0.2, 0.25) is 0 Å². The first-order chi connectivity index (χ1) is 8.70. The highest BCUT2D eigenvalue weighted by Gasteiger charge is 2.24. The van der Waals surface area contributed by atoms with Crippen molar-refractivity contribution in [1.82, 2.24) is 4.98 Å². The quantitative estimate of drug-likeness (QED) is 0.629. The van der Waals surface area contributed by atoms with Crippen molar-refractivity contribution in [3.8, 4) is 17.6 Å². The minimum absolute atomic E-state index is 0.0525. The minimum atomic E-state index is 0.0525.